The van der Waals surface area contributed by atoms with Crippen molar-refractivity contribution in [1.82, 2.24) is 4.98 Å². The first-order chi connectivity index (χ1) is 11.4. The van der Waals surface area contributed by atoms with Crippen LogP contribution in [0.4, 0.5) is 0 Å². The van der Waals surface area contributed by atoms with Crippen LogP contribution < -0.4 is 5.56 Å². The molecule has 0 aliphatic heterocycles. The monoisotopic (exact) mass is 398 g/mol. The molecular formula is C19H15BrN2OS. The van der Waals surface area contributed by atoms with Crippen LogP contribution >= 0.6 is 27.3 Å². The fraction of sp³-hybridized carbons (Fsp3) is 0.158. The molecule has 1 aromatic carbocycles. The van der Waals surface area contributed by atoms with Gasteiger partial charge < -0.3 is 4.98 Å². The second-order valence-electron chi connectivity index (χ2n) is 5.75. The molecule has 24 heavy (non-hydrogen) atoms. The van der Waals surface area contributed by atoms with Gasteiger partial charge in [0.05, 0.1) is 0 Å². The van der Waals surface area contributed by atoms with Gasteiger partial charge in [-0.05, 0) is 54.4 Å². The van der Waals surface area contributed by atoms with Crippen molar-refractivity contribution in [3.05, 3.63) is 66.7 Å². The van der Waals surface area contributed by atoms with Gasteiger partial charge in [0.1, 0.15) is 11.6 Å². The van der Waals surface area contributed by atoms with Crippen LogP contribution in [0.25, 0.3) is 21.7 Å². The maximum absolute atomic E-state index is 12.4. The van der Waals surface area contributed by atoms with Crippen LogP contribution in [0, 0.1) is 32.1 Å². The normalized spacial score (nSPS) is 10.6. The number of thiophene rings is 1. The highest BCUT2D eigenvalue weighted by molar-refractivity contribution is 9.10. The third-order valence-electron chi connectivity index (χ3n) is 3.94. The van der Waals surface area contributed by atoms with Gasteiger partial charge in [-0.15, -0.1) is 11.3 Å². The van der Waals surface area contributed by atoms with Crippen molar-refractivity contribution in [3.8, 4) is 27.8 Å². The van der Waals surface area contributed by atoms with Gasteiger partial charge >= 0.3 is 0 Å². The Morgan fingerprint density at radius 3 is 2.46 bits per heavy atom. The average molecular weight is 399 g/mol. The van der Waals surface area contributed by atoms with Crippen molar-refractivity contribution in [2.45, 2.75) is 20.8 Å². The fourth-order valence-corrected chi connectivity index (χ4v) is 4.28. The largest absolute Gasteiger partial charge is 0.321 e. The Morgan fingerprint density at radius 2 is 1.88 bits per heavy atom. The third kappa shape index (κ3) is 2.95. The van der Waals surface area contributed by atoms with Crippen molar-refractivity contribution in [1.29, 1.82) is 5.26 Å². The van der Waals surface area contributed by atoms with Crippen molar-refractivity contribution < 1.29 is 0 Å². The maximum atomic E-state index is 12.4. The Hall–Kier alpha value is -2.16. The van der Waals surface area contributed by atoms with E-state index < -0.39 is 0 Å². The Labute approximate surface area is 152 Å². The Balaban J connectivity index is 2.28. The highest BCUT2D eigenvalue weighted by atomic mass is 79.9. The molecule has 0 atom stereocenters. The standard InChI is InChI=1S/C19H15BrN2OS/c1-10-4-5-13(11(2)6-10)17-7-14(15(9-21)19(23)22-17)18-8-16(20)12(3)24-18/h4-8H,1-3H3,(H,22,23). The lowest BCUT2D eigenvalue weighted by atomic mass is 9.99. The lowest BCUT2D eigenvalue weighted by Crippen LogP contribution is -2.12. The van der Waals surface area contributed by atoms with Crippen LogP contribution in [0.1, 0.15) is 21.6 Å². The number of halogens is 1. The summed E-state index contributed by atoms with van der Waals surface area (Å²) in [5.74, 6) is 0. The summed E-state index contributed by atoms with van der Waals surface area (Å²) in [6.07, 6.45) is 0. The molecular weight excluding hydrogens is 384 g/mol. The summed E-state index contributed by atoms with van der Waals surface area (Å²) in [5, 5.41) is 9.41. The molecule has 3 aromatic rings. The predicted octanol–water partition coefficient (Wildman–Crippen LogP) is 5.33. The summed E-state index contributed by atoms with van der Waals surface area (Å²) in [6.45, 7) is 6.06. The molecule has 0 bridgehead atoms. The van der Waals surface area contributed by atoms with E-state index in [0.717, 1.165) is 31.0 Å². The van der Waals surface area contributed by atoms with Crippen molar-refractivity contribution in [2.24, 2.45) is 0 Å². The summed E-state index contributed by atoms with van der Waals surface area (Å²) in [7, 11) is 0. The van der Waals surface area contributed by atoms with Crippen LogP contribution in [0.3, 0.4) is 0 Å². The third-order valence-corrected chi connectivity index (χ3v) is 6.11. The Morgan fingerprint density at radius 1 is 1.12 bits per heavy atom. The molecule has 0 saturated heterocycles. The number of hydrogen-bond donors (Lipinski definition) is 1. The van der Waals surface area contributed by atoms with Crippen LogP contribution in [0.2, 0.25) is 0 Å². The lowest BCUT2D eigenvalue weighted by molar-refractivity contribution is 1.21. The molecule has 120 valence electrons. The lowest BCUT2D eigenvalue weighted by Gasteiger charge is -2.09. The minimum Gasteiger partial charge on any atom is -0.321 e. The van der Waals surface area contributed by atoms with E-state index in [1.165, 1.54) is 5.56 Å². The molecule has 0 saturated carbocycles. The molecule has 0 radical (unpaired) electrons. The minimum atomic E-state index is -0.354. The summed E-state index contributed by atoms with van der Waals surface area (Å²) in [6, 6.07) is 12.0. The number of nitrogens with zero attached hydrogens (tertiary/aromatic N) is 1. The molecule has 0 aliphatic carbocycles. The number of aryl methyl sites for hydroxylation is 3. The van der Waals surface area contributed by atoms with Gasteiger partial charge in [-0.1, -0.05) is 23.8 Å². The number of H-pyrrole nitrogens is 1. The molecule has 2 aromatic heterocycles. The molecule has 3 rings (SSSR count). The number of rotatable bonds is 2. The van der Waals surface area contributed by atoms with E-state index in [-0.39, 0.29) is 11.1 Å². The first kappa shape index (κ1) is 16.7. The minimum absolute atomic E-state index is 0.150. The van der Waals surface area contributed by atoms with Gasteiger partial charge in [0.2, 0.25) is 0 Å². The summed E-state index contributed by atoms with van der Waals surface area (Å²) < 4.78 is 0.986. The molecule has 0 fully saturated rings. The van der Waals surface area contributed by atoms with Crippen molar-refractivity contribution in [2.75, 3.05) is 0 Å². The number of aromatic amines is 1. The van der Waals surface area contributed by atoms with E-state index in [1.54, 1.807) is 11.3 Å². The van der Waals surface area contributed by atoms with Crippen LogP contribution in [-0.2, 0) is 0 Å². The van der Waals surface area contributed by atoms with Gasteiger partial charge in [0.15, 0.2) is 0 Å². The molecule has 3 nitrogen and oxygen atoms in total. The number of benzene rings is 1. The predicted molar refractivity (Wildman–Crippen MR) is 102 cm³/mol. The first-order valence-corrected chi connectivity index (χ1v) is 9.03. The molecule has 0 amide bonds. The molecule has 0 spiro atoms. The van der Waals surface area contributed by atoms with Gasteiger partial charge in [-0.25, -0.2) is 0 Å². The Bertz CT molecular complexity index is 1020. The molecule has 0 aliphatic rings. The van der Waals surface area contributed by atoms with E-state index in [0.29, 0.717) is 5.56 Å². The molecule has 0 unspecified atom stereocenters. The number of nitrogens with one attached hydrogen (secondary N) is 1. The van der Waals surface area contributed by atoms with Crippen LogP contribution in [0.15, 0.2) is 39.6 Å². The van der Waals surface area contributed by atoms with Crippen molar-refractivity contribution >= 4 is 27.3 Å². The highest BCUT2D eigenvalue weighted by Crippen LogP contribution is 2.36. The van der Waals surface area contributed by atoms with Crippen LogP contribution in [-0.4, -0.2) is 4.98 Å². The molecule has 1 N–H and O–H groups in total. The number of aromatic nitrogens is 1. The zero-order chi connectivity index (χ0) is 17.4. The number of pyridine rings is 1. The number of hydrogen-bond acceptors (Lipinski definition) is 3. The maximum Gasteiger partial charge on any atom is 0.267 e. The second-order valence-corrected chi connectivity index (χ2v) is 7.86. The summed E-state index contributed by atoms with van der Waals surface area (Å²) in [4.78, 5) is 17.3. The fourth-order valence-electron chi connectivity index (χ4n) is 2.72. The van der Waals surface area contributed by atoms with E-state index in [4.69, 9.17) is 0 Å². The molecule has 2 heterocycles. The van der Waals surface area contributed by atoms with Crippen LogP contribution in [0.5, 0.6) is 0 Å². The van der Waals surface area contributed by atoms with E-state index >= 15 is 0 Å². The second kappa shape index (κ2) is 6.39. The average Bonchev–Trinajstić information content (AvgIpc) is 2.86. The first-order valence-electron chi connectivity index (χ1n) is 7.42. The zero-order valence-corrected chi connectivity index (χ0v) is 15.9. The SMILES string of the molecule is Cc1ccc(-c2cc(-c3cc(Br)c(C)s3)c(C#N)c(=O)[nH]2)c(C)c1. The van der Waals surface area contributed by atoms with Gasteiger partial charge in [-0.2, -0.15) is 5.26 Å². The summed E-state index contributed by atoms with van der Waals surface area (Å²) >= 11 is 5.07. The van der Waals surface area contributed by atoms with Gasteiger partial charge in [0, 0.05) is 31.0 Å². The topological polar surface area (TPSA) is 56.6 Å². The number of nitriles is 1. The van der Waals surface area contributed by atoms with E-state index in [9.17, 15) is 10.1 Å². The van der Waals surface area contributed by atoms with Gasteiger partial charge in [0.25, 0.3) is 5.56 Å². The zero-order valence-electron chi connectivity index (χ0n) is 13.5. The van der Waals surface area contributed by atoms with Gasteiger partial charge in [-0.3, -0.25) is 4.79 Å². The molecule has 5 heteroatoms. The quantitative estimate of drug-likeness (QED) is 0.633. The van der Waals surface area contributed by atoms with E-state index in [1.807, 2.05) is 51.1 Å². The summed E-state index contributed by atoms with van der Waals surface area (Å²) in [5.41, 5.74) is 4.43. The smallest absolute Gasteiger partial charge is 0.267 e. The van der Waals surface area contributed by atoms with E-state index in [2.05, 4.69) is 27.0 Å². The Kier molecular flexibility index (Phi) is 4.44. The highest BCUT2D eigenvalue weighted by Gasteiger charge is 2.16. The van der Waals surface area contributed by atoms with Crippen molar-refractivity contribution in [3.63, 3.8) is 0 Å².